The highest BCUT2D eigenvalue weighted by Gasteiger charge is 2.43. The molecule has 152 valence electrons. The van der Waals surface area contributed by atoms with Crippen molar-refractivity contribution in [3.63, 3.8) is 0 Å². The van der Waals surface area contributed by atoms with Crippen LogP contribution in [0.5, 0.6) is 0 Å². The fourth-order valence-corrected chi connectivity index (χ4v) is 5.39. The SMILES string of the molecule is Cc1ccc(C2=C(SCc3ccco3)C(=O)N(C3CCCCCC3)C2=O)c(C)c1. The first-order valence-electron chi connectivity index (χ1n) is 10.4. The summed E-state index contributed by atoms with van der Waals surface area (Å²) in [4.78, 5) is 29.1. The quantitative estimate of drug-likeness (QED) is 0.474. The van der Waals surface area contributed by atoms with E-state index in [1.165, 1.54) is 24.6 Å². The van der Waals surface area contributed by atoms with E-state index in [0.29, 0.717) is 16.2 Å². The molecule has 0 saturated heterocycles. The Hall–Kier alpha value is -2.27. The number of hydrogen-bond acceptors (Lipinski definition) is 4. The molecule has 0 unspecified atom stereocenters. The van der Waals surface area contributed by atoms with Crippen LogP contribution in [0, 0.1) is 13.8 Å². The fourth-order valence-electron chi connectivity index (χ4n) is 4.38. The predicted octanol–water partition coefficient (Wildman–Crippen LogP) is 5.63. The van der Waals surface area contributed by atoms with Gasteiger partial charge in [0.15, 0.2) is 0 Å². The molecular weight excluding hydrogens is 382 g/mol. The lowest BCUT2D eigenvalue weighted by Gasteiger charge is -2.25. The van der Waals surface area contributed by atoms with Crippen LogP contribution in [0.4, 0.5) is 0 Å². The number of rotatable bonds is 5. The van der Waals surface area contributed by atoms with Crippen LogP contribution in [-0.2, 0) is 15.3 Å². The molecule has 0 radical (unpaired) electrons. The summed E-state index contributed by atoms with van der Waals surface area (Å²) < 4.78 is 5.44. The fraction of sp³-hybridized carbons (Fsp3) is 0.417. The first kappa shape index (κ1) is 20.0. The van der Waals surface area contributed by atoms with E-state index in [1.807, 2.05) is 38.1 Å². The molecule has 2 aliphatic rings. The van der Waals surface area contributed by atoms with Gasteiger partial charge in [-0.15, -0.1) is 11.8 Å². The highest BCUT2D eigenvalue weighted by atomic mass is 32.2. The topological polar surface area (TPSA) is 50.5 Å². The lowest BCUT2D eigenvalue weighted by molar-refractivity contribution is -0.139. The highest BCUT2D eigenvalue weighted by molar-refractivity contribution is 8.03. The average molecular weight is 410 g/mol. The summed E-state index contributed by atoms with van der Waals surface area (Å²) in [5.74, 6) is 1.08. The Balaban J connectivity index is 1.71. The Morgan fingerprint density at radius 2 is 1.79 bits per heavy atom. The van der Waals surface area contributed by atoms with Gasteiger partial charge < -0.3 is 4.42 Å². The van der Waals surface area contributed by atoms with Gasteiger partial charge in [0.2, 0.25) is 0 Å². The van der Waals surface area contributed by atoms with Gasteiger partial charge in [-0.1, -0.05) is 49.4 Å². The molecule has 1 aliphatic heterocycles. The second-order valence-corrected chi connectivity index (χ2v) is 9.00. The molecule has 29 heavy (non-hydrogen) atoms. The second-order valence-electron chi connectivity index (χ2n) is 8.02. The number of hydrogen-bond donors (Lipinski definition) is 0. The third kappa shape index (κ3) is 4.06. The number of thioether (sulfide) groups is 1. The first-order chi connectivity index (χ1) is 14.1. The molecule has 1 aliphatic carbocycles. The second kappa shape index (κ2) is 8.62. The summed E-state index contributed by atoms with van der Waals surface area (Å²) in [5, 5.41) is 0. The summed E-state index contributed by atoms with van der Waals surface area (Å²) >= 11 is 1.42. The predicted molar refractivity (Wildman–Crippen MR) is 116 cm³/mol. The first-order valence-corrected chi connectivity index (χ1v) is 11.4. The van der Waals surface area contributed by atoms with Crippen molar-refractivity contribution in [2.75, 3.05) is 0 Å². The van der Waals surface area contributed by atoms with Crippen LogP contribution in [0.15, 0.2) is 45.9 Å². The van der Waals surface area contributed by atoms with Crippen LogP contribution in [0.3, 0.4) is 0 Å². The Morgan fingerprint density at radius 1 is 1.03 bits per heavy atom. The summed E-state index contributed by atoms with van der Waals surface area (Å²) in [6, 6.07) is 9.82. The largest absolute Gasteiger partial charge is 0.468 e. The van der Waals surface area contributed by atoms with E-state index in [9.17, 15) is 9.59 Å². The van der Waals surface area contributed by atoms with Crippen molar-refractivity contribution in [1.29, 1.82) is 0 Å². The zero-order valence-corrected chi connectivity index (χ0v) is 17.9. The van der Waals surface area contributed by atoms with Crippen molar-refractivity contribution in [3.8, 4) is 0 Å². The van der Waals surface area contributed by atoms with Crippen LogP contribution < -0.4 is 0 Å². The van der Waals surface area contributed by atoms with E-state index in [1.54, 1.807) is 11.2 Å². The van der Waals surface area contributed by atoms with Gasteiger partial charge in [-0.05, 0) is 49.9 Å². The van der Waals surface area contributed by atoms with Crippen molar-refractivity contribution in [2.45, 2.75) is 64.2 Å². The van der Waals surface area contributed by atoms with Gasteiger partial charge in [0.25, 0.3) is 11.8 Å². The van der Waals surface area contributed by atoms with E-state index >= 15 is 0 Å². The lowest BCUT2D eigenvalue weighted by Crippen LogP contribution is -2.40. The van der Waals surface area contributed by atoms with Crippen molar-refractivity contribution in [3.05, 3.63) is 64.0 Å². The molecule has 1 aromatic heterocycles. The van der Waals surface area contributed by atoms with Crippen LogP contribution in [0.2, 0.25) is 0 Å². The van der Waals surface area contributed by atoms with E-state index in [4.69, 9.17) is 4.42 Å². The van der Waals surface area contributed by atoms with Gasteiger partial charge in [0.1, 0.15) is 5.76 Å². The van der Waals surface area contributed by atoms with E-state index < -0.39 is 0 Å². The molecule has 0 bridgehead atoms. The molecule has 0 N–H and O–H groups in total. The van der Waals surface area contributed by atoms with Crippen molar-refractivity contribution >= 4 is 29.1 Å². The van der Waals surface area contributed by atoms with Gasteiger partial charge in [-0.3, -0.25) is 14.5 Å². The zero-order valence-electron chi connectivity index (χ0n) is 17.1. The zero-order chi connectivity index (χ0) is 20.4. The summed E-state index contributed by atoms with van der Waals surface area (Å²) in [5.41, 5.74) is 3.61. The molecule has 4 nitrogen and oxygen atoms in total. The maximum Gasteiger partial charge on any atom is 0.268 e. The minimum absolute atomic E-state index is 0.0139. The summed E-state index contributed by atoms with van der Waals surface area (Å²) in [7, 11) is 0. The monoisotopic (exact) mass is 409 g/mol. The molecule has 5 heteroatoms. The minimum Gasteiger partial charge on any atom is -0.468 e. The Kier molecular flexibility index (Phi) is 5.95. The van der Waals surface area contributed by atoms with Crippen LogP contribution in [0.1, 0.15) is 61.0 Å². The van der Waals surface area contributed by atoms with Crippen molar-refractivity contribution in [1.82, 2.24) is 4.90 Å². The van der Waals surface area contributed by atoms with E-state index in [-0.39, 0.29) is 17.9 Å². The molecule has 1 fully saturated rings. The standard InChI is InChI=1S/C24H27NO3S/c1-16-11-12-20(17(2)14-16)21-22(29-15-19-10-7-13-28-19)24(27)25(23(21)26)18-8-5-3-4-6-9-18/h7,10-14,18H,3-6,8-9,15H2,1-2H3. The summed E-state index contributed by atoms with van der Waals surface area (Å²) in [6.45, 7) is 4.05. The average Bonchev–Trinajstić information content (AvgIpc) is 3.18. The number of aryl methyl sites for hydroxylation is 2. The van der Waals surface area contributed by atoms with Crippen LogP contribution >= 0.6 is 11.8 Å². The number of carbonyl (C=O) groups is 2. The Bertz CT molecular complexity index is 937. The number of carbonyl (C=O) groups excluding carboxylic acids is 2. The lowest BCUT2D eigenvalue weighted by atomic mass is 9.98. The number of imide groups is 1. The van der Waals surface area contributed by atoms with Crippen LogP contribution in [0.25, 0.3) is 5.57 Å². The summed E-state index contributed by atoms with van der Waals surface area (Å²) in [6.07, 6.45) is 7.98. The number of benzene rings is 1. The van der Waals surface area contributed by atoms with Gasteiger partial charge >= 0.3 is 0 Å². The van der Waals surface area contributed by atoms with Gasteiger partial charge in [-0.25, -0.2) is 0 Å². The number of nitrogens with zero attached hydrogens (tertiary/aromatic N) is 1. The van der Waals surface area contributed by atoms with E-state index in [2.05, 4.69) is 6.07 Å². The third-order valence-electron chi connectivity index (χ3n) is 5.85. The van der Waals surface area contributed by atoms with Crippen molar-refractivity contribution < 1.29 is 14.0 Å². The molecule has 2 amide bonds. The van der Waals surface area contributed by atoms with Crippen molar-refractivity contribution in [2.24, 2.45) is 0 Å². The molecule has 0 spiro atoms. The molecular formula is C24H27NO3S. The smallest absolute Gasteiger partial charge is 0.268 e. The maximum atomic E-state index is 13.5. The third-order valence-corrected chi connectivity index (χ3v) is 6.95. The van der Waals surface area contributed by atoms with Gasteiger partial charge in [0, 0.05) is 6.04 Å². The molecule has 4 rings (SSSR count). The molecule has 2 heterocycles. The number of amides is 2. The van der Waals surface area contributed by atoms with E-state index in [0.717, 1.165) is 48.1 Å². The number of furan rings is 1. The normalized spacial score (nSPS) is 18.6. The molecule has 1 saturated carbocycles. The minimum atomic E-state index is -0.131. The molecule has 1 aromatic carbocycles. The Labute approximate surface area is 176 Å². The molecule has 0 atom stereocenters. The Morgan fingerprint density at radius 3 is 2.45 bits per heavy atom. The maximum absolute atomic E-state index is 13.5. The van der Waals surface area contributed by atoms with Crippen LogP contribution in [-0.4, -0.2) is 22.8 Å². The van der Waals surface area contributed by atoms with Gasteiger partial charge in [0.05, 0.1) is 22.5 Å². The molecule has 2 aromatic rings. The highest BCUT2D eigenvalue weighted by Crippen LogP contribution is 2.41. The van der Waals surface area contributed by atoms with Gasteiger partial charge in [-0.2, -0.15) is 0 Å².